The molecular formula is C11H21N3O2. The van der Waals surface area contributed by atoms with Gasteiger partial charge in [0.15, 0.2) is 5.76 Å². The van der Waals surface area contributed by atoms with Crippen molar-refractivity contribution in [1.29, 1.82) is 0 Å². The van der Waals surface area contributed by atoms with Gasteiger partial charge in [-0.05, 0) is 13.0 Å². The summed E-state index contributed by atoms with van der Waals surface area (Å²) in [5.41, 5.74) is 0.919. The largest absolute Gasteiger partial charge is 0.377 e. The minimum Gasteiger partial charge on any atom is -0.377 e. The number of nitrogens with zero attached hydrogens (tertiary/aromatic N) is 1. The molecule has 2 N–H and O–H groups in total. The second kappa shape index (κ2) is 8.27. The molecule has 1 aromatic rings. The Labute approximate surface area is 96.5 Å². The lowest BCUT2D eigenvalue weighted by Crippen LogP contribution is -2.27. The van der Waals surface area contributed by atoms with Crippen molar-refractivity contribution >= 4 is 0 Å². The average molecular weight is 227 g/mol. The molecule has 5 nitrogen and oxygen atoms in total. The van der Waals surface area contributed by atoms with E-state index in [1.165, 1.54) is 6.42 Å². The highest BCUT2D eigenvalue weighted by Gasteiger charge is 2.02. The summed E-state index contributed by atoms with van der Waals surface area (Å²) in [6.07, 6.45) is 1.17. The number of hydrogen-bond acceptors (Lipinski definition) is 5. The molecule has 0 saturated heterocycles. The number of aromatic nitrogens is 1. The Kier molecular flexibility index (Phi) is 6.80. The van der Waals surface area contributed by atoms with Crippen molar-refractivity contribution in [3.63, 3.8) is 0 Å². The highest BCUT2D eigenvalue weighted by molar-refractivity contribution is 5.04. The van der Waals surface area contributed by atoms with Gasteiger partial charge in [-0.3, -0.25) is 0 Å². The van der Waals surface area contributed by atoms with Gasteiger partial charge in [-0.1, -0.05) is 12.1 Å². The van der Waals surface area contributed by atoms with Crippen molar-refractivity contribution in [1.82, 2.24) is 15.8 Å². The molecule has 16 heavy (non-hydrogen) atoms. The standard InChI is InChI=1S/C11H21N3O2/c1-3-4-12-5-6-13-8-10-7-11(9-15-2)16-14-10/h7,12-13H,3-6,8-9H2,1-2H3. The summed E-state index contributed by atoms with van der Waals surface area (Å²) in [6.45, 7) is 6.37. The number of methoxy groups -OCH3 is 1. The van der Waals surface area contributed by atoms with Crippen LogP contribution in [0.1, 0.15) is 24.8 Å². The van der Waals surface area contributed by atoms with E-state index in [0.29, 0.717) is 6.61 Å². The number of ether oxygens (including phenoxy) is 1. The van der Waals surface area contributed by atoms with E-state index in [-0.39, 0.29) is 0 Å². The van der Waals surface area contributed by atoms with Gasteiger partial charge in [0.05, 0.1) is 5.69 Å². The van der Waals surface area contributed by atoms with E-state index >= 15 is 0 Å². The van der Waals surface area contributed by atoms with Gasteiger partial charge in [0.25, 0.3) is 0 Å². The van der Waals surface area contributed by atoms with Crippen LogP contribution in [0.4, 0.5) is 0 Å². The van der Waals surface area contributed by atoms with Crippen molar-refractivity contribution in [2.24, 2.45) is 0 Å². The molecule has 0 spiro atoms. The lowest BCUT2D eigenvalue weighted by Gasteiger charge is -2.03. The number of hydrogen-bond donors (Lipinski definition) is 2. The first-order valence-corrected chi connectivity index (χ1v) is 5.71. The van der Waals surface area contributed by atoms with E-state index in [4.69, 9.17) is 9.26 Å². The van der Waals surface area contributed by atoms with Crippen LogP contribution in [-0.2, 0) is 17.9 Å². The van der Waals surface area contributed by atoms with E-state index in [1.54, 1.807) is 7.11 Å². The normalized spacial score (nSPS) is 10.9. The lowest BCUT2D eigenvalue weighted by atomic mass is 10.3. The minimum atomic E-state index is 0.477. The van der Waals surface area contributed by atoms with Crippen LogP contribution in [0.5, 0.6) is 0 Å². The first-order chi connectivity index (χ1) is 7.86. The first-order valence-electron chi connectivity index (χ1n) is 5.71. The van der Waals surface area contributed by atoms with E-state index in [2.05, 4.69) is 22.7 Å². The molecule has 0 saturated carbocycles. The summed E-state index contributed by atoms with van der Waals surface area (Å²) in [6, 6.07) is 1.91. The first kappa shape index (κ1) is 13.2. The molecule has 0 atom stereocenters. The molecule has 0 aliphatic carbocycles. The summed E-state index contributed by atoms with van der Waals surface area (Å²) in [7, 11) is 1.64. The molecule has 1 rings (SSSR count). The predicted molar refractivity (Wildman–Crippen MR) is 62.1 cm³/mol. The van der Waals surface area contributed by atoms with Gasteiger partial charge in [0.1, 0.15) is 6.61 Å². The fraction of sp³-hybridized carbons (Fsp3) is 0.727. The topological polar surface area (TPSA) is 59.3 Å². The van der Waals surface area contributed by atoms with E-state index in [1.807, 2.05) is 6.07 Å². The van der Waals surface area contributed by atoms with Crippen molar-refractivity contribution < 1.29 is 9.26 Å². The number of nitrogens with one attached hydrogen (secondary N) is 2. The van der Waals surface area contributed by atoms with Crippen LogP contribution in [0.3, 0.4) is 0 Å². The Balaban J connectivity index is 2.07. The summed E-state index contributed by atoms with van der Waals surface area (Å²) >= 11 is 0. The molecule has 92 valence electrons. The van der Waals surface area contributed by atoms with Crippen LogP contribution in [0.25, 0.3) is 0 Å². The van der Waals surface area contributed by atoms with Gasteiger partial charge in [-0.15, -0.1) is 0 Å². The Hall–Kier alpha value is -0.910. The smallest absolute Gasteiger partial charge is 0.162 e. The Bertz CT molecular complexity index is 276. The molecule has 0 aliphatic heterocycles. The fourth-order valence-electron chi connectivity index (χ4n) is 1.34. The highest BCUT2D eigenvalue weighted by Crippen LogP contribution is 2.03. The third-order valence-electron chi connectivity index (χ3n) is 2.11. The van der Waals surface area contributed by atoms with Crippen LogP contribution in [-0.4, -0.2) is 31.9 Å². The molecule has 0 radical (unpaired) electrons. The van der Waals surface area contributed by atoms with Gasteiger partial charge in [-0.25, -0.2) is 0 Å². The average Bonchev–Trinajstić information content (AvgIpc) is 2.72. The van der Waals surface area contributed by atoms with Crippen LogP contribution in [0, 0.1) is 0 Å². The van der Waals surface area contributed by atoms with Gasteiger partial charge in [0, 0.05) is 32.8 Å². The molecule has 0 aromatic carbocycles. The third kappa shape index (κ3) is 5.25. The summed E-state index contributed by atoms with van der Waals surface area (Å²) in [5.74, 6) is 0.767. The molecule has 1 heterocycles. The quantitative estimate of drug-likeness (QED) is 0.614. The minimum absolute atomic E-state index is 0.477. The lowest BCUT2D eigenvalue weighted by molar-refractivity contribution is 0.155. The molecule has 0 unspecified atom stereocenters. The molecule has 0 amide bonds. The second-order valence-electron chi connectivity index (χ2n) is 3.64. The van der Waals surface area contributed by atoms with E-state index in [9.17, 15) is 0 Å². The zero-order valence-corrected chi connectivity index (χ0v) is 10.1. The Morgan fingerprint density at radius 3 is 2.88 bits per heavy atom. The maximum atomic E-state index is 5.07. The van der Waals surface area contributed by atoms with Crippen LogP contribution < -0.4 is 10.6 Å². The molecule has 0 aliphatic rings. The second-order valence-corrected chi connectivity index (χ2v) is 3.64. The highest BCUT2D eigenvalue weighted by atomic mass is 16.5. The van der Waals surface area contributed by atoms with Gasteiger partial charge in [-0.2, -0.15) is 0 Å². The Morgan fingerprint density at radius 1 is 1.31 bits per heavy atom. The van der Waals surface area contributed by atoms with Crippen LogP contribution in [0.2, 0.25) is 0 Å². The number of rotatable bonds is 9. The molecule has 0 fully saturated rings. The Morgan fingerprint density at radius 2 is 2.12 bits per heavy atom. The summed E-state index contributed by atoms with van der Waals surface area (Å²) in [5, 5.41) is 10.5. The molecule has 0 bridgehead atoms. The maximum Gasteiger partial charge on any atom is 0.162 e. The van der Waals surface area contributed by atoms with Crippen molar-refractivity contribution in [2.45, 2.75) is 26.5 Å². The van der Waals surface area contributed by atoms with Crippen LogP contribution in [0.15, 0.2) is 10.6 Å². The fourth-order valence-corrected chi connectivity index (χ4v) is 1.34. The van der Waals surface area contributed by atoms with E-state index in [0.717, 1.165) is 37.6 Å². The van der Waals surface area contributed by atoms with Crippen molar-refractivity contribution in [2.75, 3.05) is 26.7 Å². The molecular weight excluding hydrogens is 206 g/mol. The summed E-state index contributed by atoms with van der Waals surface area (Å²) in [4.78, 5) is 0. The zero-order valence-electron chi connectivity index (χ0n) is 10.1. The summed E-state index contributed by atoms with van der Waals surface area (Å²) < 4.78 is 10.0. The van der Waals surface area contributed by atoms with Gasteiger partial charge < -0.3 is 19.9 Å². The monoisotopic (exact) mass is 227 g/mol. The predicted octanol–water partition coefficient (Wildman–Crippen LogP) is 0.910. The van der Waals surface area contributed by atoms with E-state index < -0.39 is 0 Å². The van der Waals surface area contributed by atoms with Gasteiger partial charge in [0.2, 0.25) is 0 Å². The van der Waals surface area contributed by atoms with Crippen molar-refractivity contribution in [3.05, 3.63) is 17.5 Å². The molecule has 1 aromatic heterocycles. The SMILES string of the molecule is CCCNCCNCc1cc(COC)on1. The zero-order chi connectivity index (χ0) is 11.6. The molecule has 5 heteroatoms. The van der Waals surface area contributed by atoms with Crippen LogP contribution >= 0.6 is 0 Å². The maximum absolute atomic E-state index is 5.07. The van der Waals surface area contributed by atoms with Crippen molar-refractivity contribution in [3.8, 4) is 0 Å². The third-order valence-corrected chi connectivity index (χ3v) is 2.11. The van der Waals surface area contributed by atoms with Gasteiger partial charge >= 0.3 is 0 Å².